The van der Waals surface area contributed by atoms with Crippen LogP contribution >= 0.6 is 0 Å². The van der Waals surface area contributed by atoms with Crippen molar-refractivity contribution in [1.82, 2.24) is 0 Å². The highest BCUT2D eigenvalue weighted by Gasteiger charge is 2.45. The summed E-state index contributed by atoms with van der Waals surface area (Å²) in [6.45, 7) is 8.88. The molecule has 2 rings (SSSR count). The van der Waals surface area contributed by atoms with Crippen LogP contribution < -0.4 is 0 Å². The van der Waals surface area contributed by atoms with Crippen LogP contribution in [0.15, 0.2) is 24.3 Å². The first kappa shape index (κ1) is 13.1. The van der Waals surface area contributed by atoms with Gasteiger partial charge in [0.15, 0.2) is 0 Å². The predicted octanol–water partition coefficient (Wildman–Crippen LogP) is 4.57. The molecule has 0 heterocycles. The molecule has 1 aromatic carbocycles. The Morgan fingerprint density at radius 2 is 1.78 bits per heavy atom. The molecule has 1 aliphatic rings. The van der Waals surface area contributed by atoms with Crippen LogP contribution in [0.25, 0.3) is 0 Å². The van der Waals surface area contributed by atoms with Crippen molar-refractivity contribution in [3.05, 3.63) is 35.4 Å². The molecule has 0 unspecified atom stereocenters. The van der Waals surface area contributed by atoms with Gasteiger partial charge >= 0.3 is 0 Å². The molecule has 1 fully saturated rings. The Morgan fingerprint density at radius 1 is 1.22 bits per heavy atom. The first-order chi connectivity index (χ1) is 8.41. The van der Waals surface area contributed by atoms with Crippen LogP contribution in [-0.4, -0.2) is 0 Å². The zero-order valence-electron chi connectivity index (χ0n) is 12.0. The minimum Gasteiger partial charge on any atom is -0.197 e. The second-order valence-corrected chi connectivity index (χ2v) is 6.70. The van der Waals surface area contributed by atoms with Crippen molar-refractivity contribution in [3.8, 4) is 6.07 Å². The molecule has 0 bridgehead atoms. The van der Waals surface area contributed by atoms with Gasteiger partial charge in [-0.05, 0) is 35.3 Å². The summed E-state index contributed by atoms with van der Waals surface area (Å²) in [6, 6.07) is 11.3. The Kier molecular flexibility index (Phi) is 3.23. The molecule has 0 aliphatic heterocycles. The van der Waals surface area contributed by atoms with Crippen molar-refractivity contribution in [2.24, 2.45) is 5.92 Å². The summed E-state index contributed by atoms with van der Waals surface area (Å²) in [7, 11) is 0. The van der Waals surface area contributed by atoms with Gasteiger partial charge < -0.3 is 0 Å². The molecular formula is C17H23N. The Morgan fingerprint density at radius 3 is 2.17 bits per heavy atom. The topological polar surface area (TPSA) is 23.8 Å². The molecule has 1 aromatic rings. The third kappa shape index (κ3) is 2.17. The summed E-state index contributed by atoms with van der Waals surface area (Å²) in [5, 5.41) is 9.48. The van der Waals surface area contributed by atoms with Crippen molar-refractivity contribution in [1.29, 1.82) is 5.26 Å². The molecule has 18 heavy (non-hydrogen) atoms. The number of benzene rings is 1. The molecule has 0 aromatic heterocycles. The van der Waals surface area contributed by atoms with Gasteiger partial charge in [-0.1, -0.05) is 58.4 Å². The molecule has 1 saturated carbocycles. The first-order valence-corrected chi connectivity index (χ1v) is 6.93. The van der Waals surface area contributed by atoms with Gasteiger partial charge in [0.25, 0.3) is 0 Å². The third-order valence-corrected chi connectivity index (χ3v) is 4.37. The molecule has 0 N–H and O–H groups in total. The first-order valence-electron chi connectivity index (χ1n) is 6.93. The standard InChI is InChI=1S/C17H23N/c1-5-13-10-17(11-13,12-18)15-8-6-14(7-9-15)16(2,3)4/h6-9,13H,5,10-11H2,1-4H3. The summed E-state index contributed by atoms with van der Waals surface area (Å²) < 4.78 is 0. The molecule has 1 heteroatoms. The van der Waals surface area contributed by atoms with Gasteiger partial charge in [-0.25, -0.2) is 0 Å². The Labute approximate surface area is 111 Å². The van der Waals surface area contributed by atoms with Crippen LogP contribution in [0.4, 0.5) is 0 Å². The highest BCUT2D eigenvalue weighted by atomic mass is 14.5. The van der Waals surface area contributed by atoms with Crippen molar-refractivity contribution in [3.63, 3.8) is 0 Å². The smallest absolute Gasteiger partial charge is 0.0827 e. The monoisotopic (exact) mass is 241 g/mol. The van der Waals surface area contributed by atoms with Crippen LogP contribution in [-0.2, 0) is 10.8 Å². The van der Waals surface area contributed by atoms with Crippen LogP contribution in [0, 0.1) is 17.2 Å². The highest BCUT2D eigenvalue weighted by molar-refractivity contribution is 5.39. The van der Waals surface area contributed by atoms with Gasteiger partial charge in [0.1, 0.15) is 0 Å². The van der Waals surface area contributed by atoms with Crippen LogP contribution in [0.3, 0.4) is 0 Å². The molecule has 0 spiro atoms. The highest BCUT2D eigenvalue weighted by Crippen LogP contribution is 2.48. The van der Waals surface area contributed by atoms with E-state index < -0.39 is 0 Å². The molecule has 96 valence electrons. The van der Waals surface area contributed by atoms with Crippen molar-refractivity contribution in [2.45, 2.75) is 57.8 Å². The normalized spacial score (nSPS) is 27.4. The van der Waals surface area contributed by atoms with E-state index in [1.54, 1.807) is 0 Å². The van der Waals surface area contributed by atoms with Crippen molar-refractivity contribution < 1.29 is 0 Å². The van der Waals surface area contributed by atoms with Crippen LogP contribution in [0.5, 0.6) is 0 Å². The Hall–Kier alpha value is -1.29. The maximum atomic E-state index is 9.48. The molecular weight excluding hydrogens is 218 g/mol. The van der Waals surface area contributed by atoms with E-state index in [0.29, 0.717) is 0 Å². The molecule has 0 saturated heterocycles. The predicted molar refractivity (Wildman–Crippen MR) is 75.4 cm³/mol. The van der Waals surface area contributed by atoms with Gasteiger partial charge in [-0.3, -0.25) is 0 Å². The Balaban J connectivity index is 2.23. The van der Waals surface area contributed by atoms with Gasteiger partial charge in [-0.2, -0.15) is 5.26 Å². The van der Waals surface area contributed by atoms with E-state index in [4.69, 9.17) is 0 Å². The summed E-state index contributed by atoms with van der Waals surface area (Å²) in [5.74, 6) is 0.743. The number of hydrogen-bond donors (Lipinski definition) is 0. The maximum absolute atomic E-state index is 9.48. The lowest BCUT2D eigenvalue weighted by Crippen LogP contribution is -2.39. The fourth-order valence-corrected chi connectivity index (χ4v) is 2.90. The van der Waals surface area contributed by atoms with Gasteiger partial charge in [-0.15, -0.1) is 0 Å². The molecule has 1 aliphatic carbocycles. The van der Waals surface area contributed by atoms with Crippen molar-refractivity contribution >= 4 is 0 Å². The zero-order chi connectivity index (χ0) is 13.4. The number of rotatable bonds is 2. The quantitative estimate of drug-likeness (QED) is 0.744. The summed E-state index contributed by atoms with van der Waals surface area (Å²) >= 11 is 0. The average molecular weight is 241 g/mol. The summed E-state index contributed by atoms with van der Waals surface area (Å²) in [4.78, 5) is 0. The minimum atomic E-state index is -0.197. The zero-order valence-corrected chi connectivity index (χ0v) is 12.0. The Bertz CT molecular complexity index is 450. The molecule has 0 radical (unpaired) electrons. The van der Waals surface area contributed by atoms with E-state index in [9.17, 15) is 5.26 Å². The van der Waals surface area contributed by atoms with E-state index in [1.807, 2.05) is 0 Å². The minimum absolute atomic E-state index is 0.184. The number of hydrogen-bond acceptors (Lipinski definition) is 1. The lowest BCUT2D eigenvalue weighted by molar-refractivity contribution is 0.192. The molecule has 0 atom stereocenters. The second kappa shape index (κ2) is 4.43. The lowest BCUT2D eigenvalue weighted by atomic mass is 9.58. The van der Waals surface area contributed by atoms with Crippen LogP contribution in [0.1, 0.15) is 58.1 Å². The average Bonchev–Trinajstić information content (AvgIpc) is 2.28. The summed E-state index contributed by atoms with van der Waals surface area (Å²) in [5.41, 5.74) is 2.54. The fourth-order valence-electron chi connectivity index (χ4n) is 2.90. The van der Waals surface area contributed by atoms with E-state index >= 15 is 0 Å². The van der Waals surface area contributed by atoms with Gasteiger partial charge in [0, 0.05) is 0 Å². The third-order valence-electron chi connectivity index (χ3n) is 4.37. The number of nitrogens with zero attached hydrogens (tertiary/aromatic N) is 1. The fraction of sp³-hybridized carbons (Fsp3) is 0.588. The van der Waals surface area contributed by atoms with Gasteiger partial charge in [0.2, 0.25) is 0 Å². The second-order valence-electron chi connectivity index (χ2n) is 6.70. The van der Waals surface area contributed by atoms with Gasteiger partial charge in [0.05, 0.1) is 11.5 Å². The van der Waals surface area contributed by atoms with Crippen molar-refractivity contribution in [2.75, 3.05) is 0 Å². The number of nitriles is 1. The maximum Gasteiger partial charge on any atom is 0.0827 e. The lowest BCUT2D eigenvalue weighted by Gasteiger charge is -2.43. The van der Waals surface area contributed by atoms with Crippen LogP contribution in [0.2, 0.25) is 0 Å². The van der Waals surface area contributed by atoms with E-state index in [-0.39, 0.29) is 10.8 Å². The van der Waals surface area contributed by atoms with E-state index in [0.717, 1.165) is 18.8 Å². The van der Waals surface area contributed by atoms with E-state index in [1.165, 1.54) is 17.5 Å². The molecule has 0 amide bonds. The van der Waals surface area contributed by atoms with E-state index in [2.05, 4.69) is 58.0 Å². The SMILES string of the molecule is CCC1CC(C#N)(c2ccc(C(C)(C)C)cc2)C1. The molecule has 1 nitrogen and oxygen atoms in total. The summed E-state index contributed by atoms with van der Waals surface area (Å²) in [6.07, 6.45) is 3.27. The largest absolute Gasteiger partial charge is 0.197 e.